The summed E-state index contributed by atoms with van der Waals surface area (Å²) in [6.45, 7) is 10.5. The molecule has 3 nitrogen and oxygen atoms in total. The Bertz CT molecular complexity index is 346. The maximum Gasteiger partial charge on any atom is 0.0945 e. The summed E-state index contributed by atoms with van der Waals surface area (Å²) in [6, 6.07) is 10.7. The highest BCUT2D eigenvalue weighted by Gasteiger charge is 2.13. The SMILES string of the molecule is COC(CNC(C)CNC(C)(C)C)c1ccccc1. The number of rotatable bonds is 7. The van der Waals surface area contributed by atoms with Crippen molar-refractivity contribution in [1.29, 1.82) is 0 Å². The molecule has 2 N–H and O–H groups in total. The van der Waals surface area contributed by atoms with Crippen molar-refractivity contribution in [3.05, 3.63) is 35.9 Å². The summed E-state index contributed by atoms with van der Waals surface area (Å²) in [7, 11) is 1.76. The molecule has 19 heavy (non-hydrogen) atoms. The molecule has 0 aromatic heterocycles. The summed E-state index contributed by atoms with van der Waals surface area (Å²) < 4.78 is 5.55. The van der Waals surface area contributed by atoms with Crippen molar-refractivity contribution in [3.63, 3.8) is 0 Å². The van der Waals surface area contributed by atoms with Gasteiger partial charge < -0.3 is 15.4 Å². The van der Waals surface area contributed by atoms with Crippen molar-refractivity contribution in [3.8, 4) is 0 Å². The Labute approximate surface area is 117 Å². The maximum atomic E-state index is 5.55. The topological polar surface area (TPSA) is 33.3 Å². The van der Waals surface area contributed by atoms with E-state index in [4.69, 9.17) is 4.74 Å². The normalized spacial score (nSPS) is 15.2. The largest absolute Gasteiger partial charge is 0.375 e. The molecular weight excluding hydrogens is 236 g/mol. The number of methoxy groups -OCH3 is 1. The molecule has 1 rings (SSSR count). The zero-order chi connectivity index (χ0) is 14.3. The van der Waals surface area contributed by atoms with Gasteiger partial charge in [0.25, 0.3) is 0 Å². The van der Waals surface area contributed by atoms with Crippen LogP contribution in [-0.4, -0.2) is 31.8 Å². The van der Waals surface area contributed by atoms with Gasteiger partial charge in [0, 0.05) is 31.8 Å². The first-order valence-electron chi connectivity index (χ1n) is 6.98. The molecule has 0 amide bonds. The van der Waals surface area contributed by atoms with E-state index < -0.39 is 0 Å². The Morgan fingerprint density at radius 3 is 2.26 bits per heavy atom. The van der Waals surface area contributed by atoms with Crippen molar-refractivity contribution in [2.24, 2.45) is 0 Å². The fraction of sp³-hybridized carbons (Fsp3) is 0.625. The van der Waals surface area contributed by atoms with Gasteiger partial charge in [-0.2, -0.15) is 0 Å². The van der Waals surface area contributed by atoms with Gasteiger partial charge in [0.2, 0.25) is 0 Å². The van der Waals surface area contributed by atoms with Gasteiger partial charge in [-0.25, -0.2) is 0 Å². The van der Waals surface area contributed by atoms with Crippen LogP contribution in [0.1, 0.15) is 39.4 Å². The number of hydrogen-bond donors (Lipinski definition) is 2. The third-order valence-corrected chi connectivity index (χ3v) is 3.05. The van der Waals surface area contributed by atoms with Crippen LogP contribution in [0, 0.1) is 0 Å². The second-order valence-electron chi connectivity index (χ2n) is 6.08. The second kappa shape index (κ2) is 7.63. The van der Waals surface area contributed by atoms with Crippen molar-refractivity contribution in [2.75, 3.05) is 20.2 Å². The zero-order valence-corrected chi connectivity index (χ0v) is 12.9. The summed E-state index contributed by atoms with van der Waals surface area (Å²) >= 11 is 0. The summed E-state index contributed by atoms with van der Waals surface area (Å²) in [6.07, 6.45) is 0.110. The monoisotopic (exact) mass is 264 g/mol. The lowest BCUT2D eigenvalue weighted by Crippen LogP contribution is -2.45. The number of nitrogens with one attached hydrogen (secondary N) is 2. The van der Waals surface area contributed by atoms with Gasteiger partial charge in [0.05, 0.1) is 6.10 Å². The van der Waals surface area contributed by atoms with Crippen molar-refractivity contribution < 1.29 is 4.74 Å². The highest BCUT2D eigenvalue weighted by molar-refractivity contribution is 5.17. The Kier molecular flexibility index (Phi) is 6.49. The average Bonchev–Trinajstić information content (AvgIpc) is 2.37. The predicted molar refractivity (Wildman–Crippen MR) is 81.4 cm³/mol. The number of hydrogen-bond acceptors (Lipinski definition) is 3. The minimum atomic E-state index is 0.110. The standard InChI is InChI=1S/C16H28N2O/c1-13(11-18-16(2,3)4)17-12-15(19-5)14-9-7-6-8-10-14/h6-10,13,15,17-18H,11-12H2,1-5H3. The minimum absolute atomic E-state index is 0.110. The van der Waals surface area contributed by atoms with Gasteiger partial charge in [0.1, 0.15) is 0 Å². The summed E-state index contributed by atoms with van der Waals surface area (Å²) in [5, 5.41) is 7.02. The van der Waals surface area contributed by atoms with E-state index in [1.54, 1.807) is 7.11 Å². The third kappa shape index (κ3) is 6.71. The lowest BCUT2D eigenvalue weighted by molar-refractivity contribution is 0.0996. The maximum absolute atomic E-state index is 5.55. The molecule has 108 valence electrons. The van der Waals surface area contributed by atoms with Crippen molar-refractivity contribution in [2.45, 2.75) is 45.4 Å². The molecule has 3 heteroatoms. The Hall–Kier alpha value is -0.900. The van der Waals surface area contributed by atoms with Gasteiger partial charge in [-0.05, 0) is 33.3 Å². The van der Waals surface area contributed by atoms with Crippen LogP contribution in [0.4, 0.5) is 0 Å². The van der Waals surface area contributed by atoms with E-state index in [1.807, 2.05) is 18.2 Å². The minimum Gasteiger partial charge on any atom is -0.375 e. The van der Waals surface area contributed by atoms with Gasteiger partial charge in [0.15, 0.2) is 0 Å². The lowest BCUT2D eigenvalue weighted by Gasteiger charge is -2.25. The highest BCUT2D eigenvalue weighted by atomic mass is 16.5. The molecule has 0 aliphatic carbocycles. The van der Waals surface area contributed by atoms with E-state index in [0.29, 0.717) is 6.04 Å². The first kappa shape index (κ1) is 16.2. The molecule has 0 radical (unpaired) electrons. The van der Waals surface area contributed by atoms with Crippen LogP contribution in [-0.2, 0) is 4.74 Å². The lowest BCUT2D eigenvalue weighted by atomic mass is 10.1. The Morgan fingerprint density at radius 1 is 1.11 bits per heavy atom. The van der Waals surface area contributed by atoms with E-state index in [9.17, 15) is 0 Å². The van der Waals surface area contributed by atoms with E-state index in [2.05, 4.69) is 50.5 Å². The van der Waals surface area contributed by atoms with E-state index >= 15 is 0 Å². The molecule has 1 aromatic carbocycles. The predicted octanol–water partition coefficient (Wildman–Crippen LogP) is 2.74. The molecule has 0 aliphatic heterocycles. The smallest absolute Gasteiger partial charge is 0.0945 e. The van der Waals surface area contributed by atoms with Gasteiger partial charge in [-0.3, -0.25) is 0 Å². The number of ether oxygens (including phenoxy) is 1. The average molecular weight is 264 g/mol. The van der Waals surface area contributed by atoms with Crippen LogP contribution in [0.15, 0.2) is 30.3 Å². The zero-order valence-electron chi connectivity index (χ0n) is 12.9. The molecular formula is C16H28N2O. The van der Waals surface area contributed by atoms with E-state index in [-0.39, 0.29) is 11.6 Å². The molecule has 2 unspecified atom stereocenters. The first-order chi connectivity index (χ1) is 8.92. The Morgan fingerprint density at radius 2 is 1.74 bits per heavy atom. The Balaban J connectivity index is 2.37. The molecule has 0 saturated heterocycles. The molecule has 0 fully saturated rings. The first-order valence-corrected chi connectivity index (χ1v) is 6.98. The molecule has 0 bridgehead atoms. The van der Waals surface area contributed by atoms with Crippen molar-refractivity contribution in [1.82, 2.24) is 10.6 Å². The molecule has 0 saturated carbocycles. The van der Waals surface area contributed by atoms with Gasteiger partial charge in [-0.1, -0.05) is 30.3 Å². The van der Waals surface area contributed by atoms with Crippen LogP contribution in [0.5, 0.6) is 0 Å². The van der Waals surface area contributed by atoms with Gasteiger partial charge >= 0.3 is 0 Å². The van der Waals surface area contributed by atoms with Crippen LogP contribution in [0.25, 0.3) is 0 Å². The molecule has 1 aromatic rings. The summed E-state index contributed by atoms with van der Waals surface area (Å²) in [4.78, 5) is 0. The van der Waals surface area contributed by atoms with E-state index in [0.717, 1.165) is 13.1 Å². The van der Waals surface area contributed by atoms with Crippen LogP contribution in [0.2, 0.25) is 0 Å². The summed E-state index contributed by atoms with van der Waals surface area (Å²) in [5.74, 6) is 0. The fourth-order valence-corrected chi connectivity index (χ4v) is 1.84. The van der Waals surface area contributed by atoms with Crippen LogP contribution < -0.4 is 10.6 Å². The molecule has 0 spiro atoms. The van der Waals surface area contributed by atoms with Crippen molar-refractivity contribution >= 4 is 0 Å². The summed E-state index contributed by atoms with van der Waals surface area (Å²) in [5.41, 5.74) is 1.38. The quantitative estimate of drug-likeness (QED) is 0.794. The second-order valence-corrected chi connectivity index (χ2v) is 6.08. The van der Waals surface area contributed by atoms with Gasteiger partial charge in [-0.15, -0.1) is 0 Å². The number of benzene rings is 1. The fourth-order valence-electron chi connectivity index (χ4n) is 1.84. The highest BCUT2D eigenvalue weighted by Crippen LogP contribution is 2.14. The molecule has 0 aliphatic rings. The van der Waals surface area contributed by atoms with Crippen LogP contribution >= 0.6 is 0 Å². The molecule has 0 heterocycles. The molecule has 2 atom stereocenters. The third-order valence-electron chi connectivity index (χ3n) is 3.05. The van der Waals surface area contributed by atoms with E-state index in [1.165, 1.54) is 5.56 Å². The van der Waals surface area contributed by atoms with Crippen LogP contribution in [0.3, 0.4) is 0 Å².